The quantitative estimate of drug-likeness (QED) is 0.582. The number of hydrogen-bond acceptors (Lipinski definition) is 1. The molecule has 0 bridgehead atoms. The van der Waals surface area contributed by atoms with Crippen LogP contribution in [0.25, 0.3) is 0 Å². The molecule has 0 radical (unpaired) electrons. The Morgan fingerprint density at radius 2 is 2.20 bits per heavy atom. The monoisotopic (exact) mass is 140 g/mol. The Balaban J connectivity index is 2.36. The Morgan fingerprint density at radius 3 is 2.50 bits per heavy atom. The lowest BCUT2D eigenvalue weighted by molar-refractivity contribution is 0.229. The summed E-state index contributed by atoms with van der Waals surface area (Å²) in [7, 11) is 0. The van der Waals surface area contributed by atoms with E-state index in [1.807, 2.05) is 13.8 Å². The van der Waals surface area contributed by atoms with Gasteiger partial charge in [0, 0.05) is 0 Å². The van der Waals surface area contributed by atoms with Crippen LogP contribution >= 0.6 is 0 Å². The molecule has 0 aliphatic heterocycles. The van der Waals surface area contributed by atoms with Crippen LogP contribution in [0.2, 0.25) is 0 Å². The van der Waals surface area contributed by atoms with Crippen LogP contribution in [0.3, 0.4) is 0 Å². The van der Waals surface area contributed by atoms with Crippen LogP contribution in [0.15, 0.2) is 11.6 Å². The zero-order chi connectivity index (χ0) is 7.56. The molecule has 1 saturated carbocycles. The highest BCUT2D eigenvalue weighted by molar-refractivity contribution is 5.06. The first-order valence-electron chi connectivity index (χ1n) is 4.06. The number of allylic oxidation sites excluding steroid dienone is 1. The smallest absolute Gasteiger partial charge is 0.0719 e. The molecule has 1 unspecified atom stereocenters. The fourth-order valence-electron chi connectivity index (χ4n) is 1.12. The molecule has 58 valence electrons. The molecule has 0 spiro atoms. The molecule has 0 aromatic heterocycles. The maximum absolute atomic E-state index is 9.12. The molecule has 0 amide bonds. The molecule has 1 aliphatic carbocycles. The lowest BCUT2D eigenvalue weighted by atomic mass is 9.84. The van der Waals surface area contributed by atoms with Crippen LogP contribution < -0.4 is 0 Å². The SMILES string of the molecule is C/C(=C\C1CCC1)C(C)O. The second kappa shape index (κ2) is 3.20. The molecule has 0 saturated heterocycles. The third-order valence-electron chi connectivity index (χ3n) is 2.31. The number of rotatable bonds is 2. The Hall–Kier alpha value is -0.300. The van der Waals surface area contributed by atoms with E-state index in [0.717, 1.165) is 11.5 Å². The van der Waals surface area contributed by atoms with Gasteiger partial charge in [-0.1, -0.05) is 12.5 Å². The summed E-state index contributed by atoms with van der Waals surface area (Å²) in [5, 5.41) is 9.12. The van der Waals surface area contributed by atoms with Gasteiger partial charge in [-0.2, -0.15) is 0 Å². The molecule has 1 heteroatoms. The molecule has 1 N–H and O–H groups in total. The maximum Gasteiger partial charge on any atom is 0.0719 e. The second-order valence-corrected chi connectivity index (χ2v) is 3.28. The molecule has 0 aromatic carbocycles. The molecule has 1 atom stereocenters. The van der Waals surface area contributed by atoms with Crippen molar-refractivity contribution in [3.63, 3.8) is 0 Å². The van der Waals surface area contributed by atoms with E-state index in [-0.39, 0.29) is 6.10 Å². The van der Waals surface area contributed by atoms with Gasteiger partial charge in [0.05, 0.1) is 6.10 Å². The van der Waals surface area contributed by atoms with Crippen molar-refractivity contribution in [2.45, 2.75) is 39.2 Å². The Bertz CT molecular complexity index is 132. The summed E-state index contributed by atoms with van der Waals surface area (Å²) in [6.07, 6.45) is 5.98. The summed E-state index contributed by atoms with van der Waals surface area (Å²) in [6, 6.07) is 0. The largest absolute Gasteiger partial charge is 0.389 e. The number of aliphatic hydroxyl groups is 1. The predicted octanol–water partition coefficient (Wildman–Crippen LogP) is 2.11. The van der Waals surface area contributed by atoms with Crippen LogP contribution in [0, 0.1) is 5.92 Å². The van der Waals surface area contributed by atoms with Gasteiger partial charge in [0.15, 0.2) is 0 Å². The zero-order valence-corrected chi connectivity index (χ0v) is 6.80. The molecular weight excluding hydrogens is 124 g/mol. The fourth-order valence-corrected chi connectivity index (χ4v) is 1.12. The van der Waals surface area contributed by atoms with Crippen molar-refractivity contribution in [3.05, 3.63) is 11.6 Å². The van der Waals surface area contributed by atoms with Crippen molar-refractivity contribution in [3.8, 4) is 0 Å². The van der Waals surface area contributed by atoms with Crippen molar-refractivity contribution in [1.29, 1.82) is 0 Å². The Kier molecular flexibility index (Phi) is 2.50. The summed E-state index contributed by atoms with van der Waals surface area (Å²) in [6.45, 7) is 3.83. The van der Waals surface area contributed by atoms with Gasteiger partial charge in [0.1, 0.15) is 0 Å². The minimum Gasteiger partial charge on any atom is -0.389 e. The van der Waals surface area contributed by atoms with Crippen LogP contribution in [0.5, 0.6) is 0 Å². The van der Waals surface area contributed by atoms with Crippen LogP contribution in [-0.4, -0.2) is 11.2 Å². The van der Waals surface area contributed by atoms with Crippen molar-refractivity contribution < 1.29 is 5.11 Å². The highest BCUT2D eigenvalue weighted by atomic mass is 16.3. The molecule has 0 heterocycles. The van der Waals surface area contributed by atoms with Gasteiger partial charge in [-0.3, -0.25) is 0 Å². The molecule has 1 aliphatic rings. The normalized spacial score (nSPS) is 24.1. The molecule has 1 nitrogen and oxygen atoms in total. The molecular formula is C9H16O. The summed E-state index contributed by atoms with van der Waals surface area (Å²) in [5.74, 6) is 0.773. The maximum atomic E-state index is 9.12. The number of aliphatic hydroxyl groups excluding tert-OH is 1. The average molecular weight is 140 g/mol. The minimum absolute atomic E-state index is 0.249. The second-order valence-electron chi connectivity index (χ2n) is 3.28. The van der Waals surface area contributed by atoms with Gasteiger partial charge in [-0.15, -0.1) is 0 Å². The van der Waals surface area contributed by atoms with Crippen molar-refractivity contribution in [2.75, 3.05) is 0 Å². The van der Waals surface area contributed by atoms with Gasteiger partial charge in [-0.25, -0.2) is 0 Å². The number of hydrogen-bond donors (Lipinski definition) is 1. The van der Waals surface area contributed by atoms with E-state index in [9.17, 15) is 0 Å². The molecule has 0 aromatic rings. The van der Waals surface area contributed by atoms with Gasteiger partial charge >= 0.3 is 0 Å². The van der Waals surface area contributed by atoms with Gasteiger partial charge in [0.25, 0.3) is 0 Å². The van der Waals surface area contributed by atoms with E-state index in [2.05, 4.69) is 6.08 Å². The standard InChI is InChI=1S/C9H16O/c1-7(8(2)10)6-9-4-3-5-9/h6,8-10H,3-5H2,1-2H3/b7-6+. The first-order valence-corrected chi connectivity index (χ1v) is 4.06. The highest BCUT2D eigenvalue weighted by Crippen LogP contribution is 2.28. The zero-order valence-electron chi connectivity index (χ0n) is 6.80. The molecule has 1 fully saturated rings. The van der Waals surface area contributed by atoms with Gasteiger partial charge in [0.2, 0.25) is 0 Å². The van der Waals surface area contributed by atoms with E-state index < -0.39 is 0 Å². The van der Waals surface area contributed by atoms with Gasteiger partial charge < -0.3 is 5.11 Å². The molecule has 10 heavy (non-hydrogen) atoms. The fraction of sp³-hybridized carbons (Fsp3) is 0.778. The third kappa shape index (κ3) is 1.84. The van der Waals surface area contributed by atoms with Crippen LogP contribution in [-0.2, 0) is 0 Å². The topological polar surface area (TPSA) is 20.2 Å². The lowest BCUT2D eigenvalue weighted by Gasteiger charge is -2.23. The van der Waals surface area contributed by atoms with E-state index >= 15 is 0 Å². The van der Waals surface area contributed by atoms with E-state index in [1.54, 1.807) is 0 Å². The molecule has 1 rings (SSSR count). The summed E-state index contributed by atoms with van der Waals surface area (Å²) >= 11 is 0. The first-order chi connectivity index (χ1) is 4.70. The van der Waals surface area contributed by atoms with E-state index in [4.69, 9.17) is 5.11 Å². The Morgan fingerprint density at radius 1 is 1.60 bits per heavy atom. The minimum atomic E-state index is -0.249. The average Bonchev–Trinajstić information content (AvgIpc) is 1.77. The Labute approximate surface area is 62.8 Å². The lowest BCUT2D eigenvalue weighted by Crippen LogP contribution is -2.11. The third-order valence-corrected chi connectivity index (χ3v) is 2.31. The van der Waals surface area contributed by atoms with Crippen LogP contribution in [0.1, 0.15) is 33.1 Å². The predicted molar refractivity (Wildman–Crippen MR) is 42.8 cm³/mol. The summed E-state index contributed by atoms with van der Waals surface area (Å²) in [4.78, 5) is 0. The van der Waals surface area contributed by atoms with Crippen molar-refractivity contribution in [2.24, 2.45) is 5.92 Å². The van der Waals surface area contributed by atoms with Gasteiger partial charge in [-0.05, 0) is 38.2 Å². The first kappa shape index (κ1) is 7.80. The van der Waals surface area contributed by atoms with Crippen molar-refractivity contribution in [1.82, 2.24) is 0 Å². The summed E-state index contributed by atoms with van der Waals surface area (Å²) in [5.41, 5.74) is 1.13. The van der Waals surface area contributed by atoms with E-state index in [1.165, 1.54) is 19.3 Å². The summed E-state index contributed by atoms with van der Waals surface area (Å²) < 4.78 is 0. The van der Waals surface area contributed by atoms with Crippen molar-refractivity contribution >= 4 is 0 Å². The van der Waals surface area contributed by atoms with E-state index in [0.29, 0.717) is 0 Å². The van der Waals surface area contributed by atoms with Crippen LogP contribution in [0.4, 0.5) is 0 Å². The highest BCUT2D eigenvalue weighted by Gasteiger charge is 2.15.